The van der Waals surface area contributed by atoms with Crippen molar-refractivity contribution in [2.75, 3.05) is 24.3 Å². The van der Waals surface area contributed by atoms with Gasteiger partial charge in [-0.05, 0) is 23.8 Å². The summed E-state index contributed by atoms with van der Waals surface area (Å²) in [5, 5.41) is 0.0847. The molecular weight excluding hydrogens is 418 g/mol. The normalized spacial score (nSPS) is 16.2. The fraction of sp³-hybridized carbons (Fsp3) is 0.211. The van der Waals surface area contributed by atoms with Gasteiger partial charge in [0.25, 0.3) is 0 Å². The third-order valence-electron chi connectivity index (χ3n) is 4.54. The highest BCUT2D eigenvalue weighted by atomic mass is 79.9. The highest BCUT2D eigenvalue weighted by molar-refractivity contribution is 9.10. The maximum atomic E-state index is 13.2. The number of ketones is 1. The van der Waals surface area contributed by atoms with Crippen LogP contribution in [0.25, 0.3) is 0 Å². The number of hydrogen-bond donors (Lipinski definition) is 0. The summed E-state index contributed by atoms with van der Waals surface area (Å²) in [6.07, 6.45) is 1.41. The van der Waals surface area contributed by atoms with Gasteiger partial charge in [0, 0.05) is 28.3 Å². The van der Waals surface area contributed by atoms with Crippen LogP contribution in [0.15, 0.2) is 57.5 Å². The maximum absolute atomic E-state index is 13.2. The lowest BCUT2D eigenvalue weighted by molar-refractivity contribution is 0.102. The lowest BCUT2D eigenvalue weighted by Gasteiger charge is -2.38. The molecule has 0 bridgehead atoms. The Balaban J connectivity index is 1.95. The van der Waals surface area contributed by atoms with Gasteiger partial charge in [0.05, 0.1) is 12.2 Å². The molecule has 2 aromatic carbocycles. The molecule has 0 saturated heterocycles. The summed E-state index contributed by atoms with van der Waals surface area (Å²) in [7, 11) is -3.61. The Morgan fingerprint density at radius 1 is 1.15 bits per heavy atom. The monoisotopic (exact) mass is 433 g/mol. The van der Waals surface area contributed by atoms with E-state index in [1.165, 1.54) is 0 Å². The minimum atomic E-state index is -3.61. The van der Waals surface area contributed by atoms with Crippen molar-refractivity contribution >= 4 is 37.2 Å². The van der Waals surface area contributed by atoms with Crippen LogP contribution in [-0.4, -0.2) is 33.6 Å². The van der Waals surface area contributed by atoms with Crippen LogP contribution in [0, 0.1) is 0 Å². The summed E-state index contributed by atoms with van der Waals surface area (Å²) >= 11 is 3.39. The number of allylic oxidation sites excluding steroid dienone is 1. The molecule has 0 saturated carbocycles. The molecular formula is C19H16BrNO4S. The summed E-state index contributed by atoms with van der Waals surface area (Å²) in [5.74, 6) is 0.378. The molecule has 0 radical (unpaired) electrons. The summed E-state index contributed by atoms with van der Waals surface area (Å²) in [5.41, 5.74) is 2.40. The van der Waals surface area contributed by atoms with E-state index in [1.807, 2.05) is 24.3 Å². The molecule has 0 N–H and O–H groups in total. The predicted molar refractivity (Wildman–Crippen MR) is 103 cm³/mol. The van der Waals surface area contributed by atoms with Gasteiger partial charge < -0.3 is 9.64 Å². The van der Waals surface area contributed by atoms with Gasteiger partial charge in [0.1, 0.15) is 17.4 Å². The van der Waals surface area contributed by atoms with Gasteiger partial charge in [-0.3, -0.25) is 4.79 Å². The number of anilines is 1. The Morgan fingerprint density at radius 3 is 2.65 bits per heavy atom. The molecule has 0 atom stereocenters. The number of Topliss-reactive ketones (excluding diaryl/α,β-unsaturated/α-hetero) is 1. The van der Waals surface area contributed by atoms with Crippen LogP contribution in [-0.2, 0) is 16.3 Å². The van der Waals surface area contributed by atoms with Crippen molar-refractivity contribution in [2.24, 2.45) is 0 Å². The van der Waals surface area contributed by atoms with Crippen molar-refractivity contribution in [3.8, 4) is 5.75 Å². The minimum absolute atomic E-state index is 0.0847. The van der Waals surface area contributed by atoms with Crippen molar-refractivity contribution < 1.29 is 17.9 Å². The van der Waals surface area contributed by atoms with Gasteiger partial charge in [0.15, 0.2) is 15.6 Å². The topological polar surface area (TPSA) is 63.7 Å². The Hall–Kier alpha value is -2.12. The van der Waals surface area contributed by atoms with Crippen LogP contribution < -0.4 is 9.64 Å². The highest BCUT2D eigenvalue weighted by Crippen LogP contribution is 2.44. The Bertz CT molecular complexity index is 1060. The second-order valence-electron chi connectivity index (χ2n) is 6.31. The molecule has 4 rings (SSSR count). The molecule has 5 nitrogen and oxygen atoms in total. The van der Waals surface area contributed by atoms with Gasteiger partial charge in [0.2, 0.25) is 0 Å². The predicted octanol–water partition coefficient (Wildman–Crippen LogP) is 3.34. The van der Waals surface area contributed by atoms with Crippen LogP contribution in [0.2, 0.25) is 0 Å². The molecule has 0 amide bonds. The van der Waals surface area contributed by atoms with Crippen molar-refractivity contribution in [2.45, 2.75) is 6.42 Å². The lowest BCUT2D eigenvalue weighted by atomic mass is 9.93. The largest absolute Gasteiger partial charge is 0.490 e. The summed E-state index contributed by atoms with van der Waals surface area (Å²) in [6.45, 7) is 0.755. The number of benzene rings is 2. The number of halogens is 1. The summed E-state index contributed by atoms with van der Waals surface area (Å²) < 4.78 is 31.6. The van der Waals surface area contributed by atoms with E-state index in [4.69, 9.17) is 4.74 Å². The van der Waals surface area contributed by atoms with Gasteiger partial charge in [-0.25, -0.2) is 8.42 Å². The molecule has 2 aliphatic rings. The standard InChI is InChI=1S/C19H16BrNO4S/c1-26(23,24)19-14(18(22)13-6-2-3-7-15(13)20)11-12-5-4-8-16-17(12)21(19)9-10-25-16/h2-8H,9-11H2,1H3. The Kier molecular flexibility index (Phi) is 4.16. The first-order valence-electron chi connectivity index (χ1n) is 8.12. The second-order valence-corrected chi connectivity index (χ2v) is 9.09. The molecule has 0 fully saturated rings. The number of rotatable bonds is 3. The zero-order valence-corrected chi connectivity index (χ0v) is 16.4. The number of ether oxygens (including phenoxy) is 1. The van der Waals surface area contributed by atoms with E-state index in [1.54, 1.807) is 23.1 Å². The average Bonchev–Trinajstić information content (AvgIpc) is 2.60. The number of nitrogens with zero attached hydrogens (tertiary/aromatic N) is 1. The summed E-state index contributed by atoms with van der Waals surface area (Å²) in [4.78, 5) is 15.0. The van der Waals surface area contributed by atoms with E-state index >= 15 is 0 Å². The first-order valence-corrected chi connectivity index (χ1v) is 10.8. The molecule has 26 heavy (non-hydrogen) atoms. The number of carbonyl (C=O) groups excluding carboxylic acids is 1. The fourth-order valence-corrected chi connectivity index (χ4v) is 5.19. The zero-order chi connectivity index (χ0) is 18.5. The van der Waals surface area contributed by atoms with E-state index in [2.05, 4.69) is 15.9 Å². The van der Waals surface area contributed by atoms with Crippen molar-refractivity contribution in [1.29, 1.82) is 0 Å². The van der Waals surface area contributed by atoms with Crippen molar-refractivity contribution in [3.05, 3.63) is 68.7 Å². The van der Waals surface area contributed by atoms with Crippen LogP contribution >= 0.6 is 15.9 Å². The van der Waals surface area contributed by atoms with E-state index in [9.17, 15) is 13.2 Å². The molecule has 0 aliphatic carbocycles. The molecule has 2 heterocycles. The summed E-state index contributed by atoms with van der Waals surface area (Å²) in [6, 6.07) is 12.7. The van der Waals surface area contributed by atoms with Crippen molar-refractivity contribution in [3.63, 3.8) is 0 Å². The van der Waals surface area contributed by atoms with Gasteiger partial charge >= 0.3 is 0 Å². The number of carbonyl (C=O) groups is 1. The van der Waals surface area contributed by atoms with Gasteiger partial charge in [-0.15, -0.1) is 0 Å². The van der Waals surface area contributed by atoms with Crippen molar-refractivity contribution in [1.82, 2.24) is 0 Å². The highest BCUT2D eigenvalue weighted by Gasteiger charge is 2.37. The maximum Gasteiger partial charge on any atom is 0.193 e. The molecule has 0 aromatic heterocycles. The smallest absolute Gasteiger partial charge is 0.193 e. The second kappa shape index (κ2) is 6.25. The fourth-order valence-electron chi connectivity index (χ4n) is 3.53. The molecule has 0 unspecified atom stereocenters. The van der Waals surface area contributed by atoms with Gasteiger partial charge in [-0.2, -0.15) is 0 Å². The average molecular weight is 434 g/mol. The number of para-hydroxylation sites is 1. The molecule has 7 heteroatoms. The third-order valence-corrected chi connectivity index (χ3v) is 6.40. The molecule has 0 spiro atoms. The Morgan fingerprint density at radius 2 is 1.92 bits per heavy atom. The third kappa shape index (κ3) is 2.75. The molecule has 2 aliphatic heterocycles. The van der Waals surface area contributed by atoms with Gasteiger partial charge in [-0.1, -0.05) is 40.2 Å². The minimum Gasteiger partial charge on any atom is -0.490 e. The molecule has 134 valence electrons. The SMILES string of the molecule is CS(=O)(=O)C1=C(C(=O)c2ccccc2Br)Cc2cccc3c2N1CCO3. The van der Waals surface area contributed by atoms with Crippen LogP contribution in [0.3, 0.4) is 0 Å². The quantitative estimate of drug-likeness (QED) is 0.694. The van der Waals surface area contributed by atoms with E-state index < -0.39 is 9.84 Å². The lowest BCUT2D eigenvalue weighted by Crippen LogP contribution is -2.40. The van der Waals surface area contributed by atoms with E-state index in [0.29, 0.717) is 34.5 Å². The van der Waals surface area contributed by atoms with Crippen LogP contribution in [0.4, 0.5) is 5.69 Å². The first kappa shape index (κ1) is 17.3. The van der Waals surface area contributed by atoms with E-state index in [-0.39, 0.29) is 17.2 Å². The van der Waals surface area contributed by atoms with Crippen LogP contribution in [0.1, 0.15) is 15.9 Å². The first-order chi connectivity index (χ1) is 12.4. The molecule has 2 aromatic rings. The van der Waals surface area contributed by atoms with E-state index in [0.717, 1.165) is 17.5 Å². The zero-order valence-electron chi connectivity index (χ0n) is 14.0. The number of hydrogen-bond acceptors (Lipinski definition) is 5. The Labute approximate surface area is 160 Å². The van der Waals surface area contributed by atoms with Crippen LogP contribution in [0.5, 0.6) is 5.75 Å². The number of sulfone groups is 1.